The summed E-state index contributed by atoms with van der Waals surface area (Å²) >= 11 is 0. The molecule has 0 atom stereocenters. The van der Waals surface area contributed by atoms with Gasteiger partial charge in [0.1, 0.15) is 17.5 Å². The van der Waals surface area contributed by atoms with Gasteiger partial charge in [0.25, 0.3) is 0 Å². The summed E-state index contributed by atoms with van der Waals surface area (Å²) in [5.74, 6) is -2.11. The molecule has 1 aliphatic rings. The summed E-state index contributed by atoms with van der Waals surface area (Å²) in [6, 6.07) is 3.42. The summed E-state index contributed by atoms with van der Waals surface area (Å²) in [5, 5.41) is 5.38. The zero-order chi connectivity index (χ0) is 18.7. The molecule has 0 bridgehead atoms. The lowest BCUT2D eigenvalue weighted by Crippen LogP contribution is -2.24. The average Bonchev–Trinajstić information content (AvgIpc) is 2.57. The fourth-order valence-corrected chi connectivity index (χ4v) is 2.88. The Morgan fingerprint density at radius 3 is 2.35 bits per heavy atom. The summed E-state index contributed by atoms with van der Waals surface area (Å²) in [5.41, 5.74) is -1.32. The van der Waals surface area contributed by atoms with Gasteiger partial charge in [-0.3, -0.25) is 0 Å². The highest BCUT2D eigenvalue weighted by atomic mass is 19.4. The molecule has 0 unspecified atom stereocenters. The molecule has 9 heteroatoms. The quantitative estimate of drug-likeness (QED) is 0.719. The van der Waals surface area contributed by atoms with Crippen molar-refractivity contribution in [3.63, 3.8) is 0 Å². The molecular formula is C17H17F5N4. The van der Waals surface area contributed by atoms with E-state index in [0.717, 1.165) is 44.2 Å². The Morgan fingerprint density at radius 2 is 1.69 bits per heavy atom. The van der Waals surface area contributed by atoms with Crippen molar-refractivity contribution in [1.29, 1.82) is 0 Å². The second-order valence-electron chi connectivity index (χ2n) is 6.19. The number of anilines is 3. The topological polar surface area (TPSA) is 49.8 Å². The fraction of sp³-hybridized carbons (Fsp3) is 0.412. The first-order valence-corrected chi connectivity index (χ1v) is 8.26. The zero-order valence-corrected chi connectivity index (χ0v) is 13.7. The Balaban J connectivity index is 1.89. The van der Waals surface area contributed by atoms with Gasteiger partial charge in [-0.2, -0.15) is 18.2 Å². The maximum absolute atomic E-state index is 13.8. The number of hydrogen-bond acceptors (Lipinski definition) is 4. The molecular weight excluding hydrogens is 355 g/mol. The van der Waals surface area contributed by atoms with Crippen LogP contribution in [0.25, 0.3) is 0 Å². The molecule has 26 heavy (non-hydrogen) atoms. The van der Waals surface area contributed by atoms with Crippen LogP contribution in [0.5, 0.6) is 0 Å². The Kier molecular flexibility index (Phi) is 5.24. The summed E-state index contributed by atoms with van der Waals surface area (Å²) in [4.78, 5) is 7.54. The van der Waals surface area contributed by atoms with Crippen LogP contribution in [0.2, 0.25) is 0 Å². The van der Waals surface area contributed by atoms with E-state index in [1.165, 1.54) is 0 Å². The van der Waals surface area contributed by atoms with Crippen molar-refractivity contribution in [1.82, 2.24) is 9.97 Å². The van der Waals surface area contributed by atoms with E-state index >= 15 is 0 Å². The number of hydrogen-bond donors (Lipinski definition) is 2. The lowest BCUT2D eigenvalue weighted by atomic mass is 9.96. The molecule has 0 saturated heterocycles. The van der Waals surface area contributed by atoms with Gasteiger partial charge in [0.05, 0.1) is 5.69 Å². The van der Waals surface area contributed by atoms with E-state index < -0.39 is 23.5 Å². The predicted molar refractivity (Wildman–Crippen MR) is 87.2 cm³/mol. The smallest absolute Gasteiger partial charge is 0.351 e. The molecule has 3 rings (SSSR count). The van der Waals surface area contributed by atoms with E-state index in [4.69, 9.17) is 0 Å². The first-order valence-electron chi connectivity index (χ1n) is 8.26. The molecule has 1 aromatic carbocycles. The van der Waals surface area contributed by atoms with Gasteiger partial charge in [-0.25, -0.2) is 13.8 Å². The van der Waals surface area contributed by atoms with Crippen LogP contribution in [0.4, 0.5) is 39.4 Å². The Labute approximate surface area is 146 Å². The van der Waals surface area contributed by atoms with Gasteiger partial charge in [0, 0.05) is 18.2 Å². The molecule has 2 N–H and O–H groups in total. The third kappa shape index (κ3) is 4.59. The molecule has 2 aromatic rings. The van der Waals surface area contributed by atoms with Crippen LogP contribution in [0.3, 0.4) is 0 Å². The number of benzene rings is 1. The van der Waals surface area contributed by atoms with Gasteiger partial charge >= 0.3 is 6.18 Å². The van der Waals surface area contributed by atoms with Gasteiger partial charge in [-0.15, -0.1) is 0 Å². The molecule has 1 aliphatic carbocycles. The molecule has 140 valence electrons. The highest BCUT2D eigenvalue weighted by molar-refractivity contribution is 5.58. The number of alkyl halides is 3. The third-order valence-corrected chi connectivity index (χ3v) is 4.15. The molecule has 1 heterocycles. The minimum absolute atomic E-state index is 0.00245. The van der Waals surface area contributed by atoms with Crippen molar-refractivity contribution in [2.24, 2.45) is 0 Å². The molecule has 4 nitrogen and oxygen atoms in total. The predicted octanol–water partition coefficient (Wildman–Crippen LogP) is 5.26. The highest BCUT2D eigenvalue weighted by Crippen LogP contribution is 2.31. The maximum atomic E-state index is 13.8. The van der Waals surface area contributed by atoms with Gasteiger partial charge in [-0.05, 0) is 25.0 Å². The Hall–Kier alpha value is -2.45. The molecule has 0 spiro atoms. The average molecular weight is 372 g/mol. The van der Waals surface area contributed by atoms with Gasteiger partial charge in [-0.1, -0.05) is 19.3 Å². The van der Waals surface area contributed by atoms with Crippen molar-refractivity contribution in [3.8, 4) is 0 Å². The van der Waals surface area contributed by atoms with E-state index in [-0.39, 0.29) is 23.5 Å². The van der Waals surface area contributed by atoms with Crippen LogP contribution in [-0.4, -0.2) is 16.0 Å². The maximum Gasteiger partial charge on any atom is 0.433 e. The SMILES string of the molecule is Fc1ccc(Nc2cc(C(F)(F)F)nc(NC3CCCCC3)n2)c(F)c1. The van der Waals surface area contributed by atoms with E-state index in [2.05, 4.69) is 20.6 Å². The first-order chi connectivity index (χ1) is 12.3. The zero-order valence-electron chi connectivity index (χ0n) is 13.7. The first kappa shape index (κ1) is 18.3. The van der Waals surface area contributed by atoms with Crippen LogP contribution in [-0.2, 0) is 6.18 Å². The highest BCUT2D eigenvalue weighted by Gasteiger charge is 2.34. The number of nitrogens with zero attached hydrogens (tertiary/aromatic N) is 2. The Morgan fingerprint density at radius 1 is 0.962 bits per heavy atom. The van der Waals surface area contributed by atoms with Gasteiger partial charge in [0.2, 0.25) is 5.95 Å². The summed E-state index contributed by atoms with van der Waals surface area (Å²) < 4.78 is 66.1. The minimum Gasteiger partial charge on any atom is -0.351 e. The molecule has 0 aliphatic heterocycles. The van der Waals surface area contributed by atoms with Crippen molar-refractivity contribution >= 4 is 17.5 Å². The second-order valence-corrected chi connectivity index (χ2v) is 6.19. The third-order valence-electron chi connectivity index (χ3n) is 4.15. The number of aromatic nitrogens is 2. The van der Waals surface area contributed by atoms with Crippen LogP contribution in [0.15, 0.2) is 24.3 Å². The van der Waals surface area contributed by atoms with Crippen LogP contribution >= 0.6 is 0 Å². The molecule has 0 amide bonds. The van der Waals surface area contributed by atoms with Gasteiger partial charge < -0.3 is 10.6 Å². The number of halogens is 5. The van der Waals surface area contributed by atoms with Crippen molar-refractivity contribution in [3.05, 3.63) is 41.6 Å². The monoisotopic (exact) mass is 372 g/mol. The summed E-state index contributed by atoms with van der Waals surface area (Å²) in [7, 11) is 0. The van der Waals surface area contributed by atoms with Crippen molar-refractivity contribution in [2.75, 3.05) is 10.6 Å². The summed E-state index contributed by atoms with van der Waals surface area (Å²) in [6.45, 7) is 0. The number of nitrogens with one attached hydrogen (secondary N) is 2. The van der Waals surface area contributed by atoms with Crippen LogP contribution in [0.1, 0.15) is 37.8 Å². The number of rotatable bonds is 4. The Bertz CT molecular complexity index is 772. The van der Waals surface area contributed by atoms with Crippen molar-refractivity contribution in [2.45, 2.75) is 44.3 Å². The lowest BCUT2D eigenvalue weighted by Gasteiger charge is -2.23. The molecule has 1 saturated carbocycles. The van der Waals surface area contributed by atoms with Crippen molar-refractivity contribution < 1.29 is 22.0 Å². The van der Waals surface area contributed by atoms with E-state index in [1.807, 2.05) is 0 Å². The van der Waals surface area contributed by atoms with Crippen LogP contribution < -0.4 is 10.6 Å². The van der Waals surface area contributed by atoms with Gasteiger partial charge in [0.15, 0.2) is 5.69 Å². The second kappa shape index (κ2) is 7.43. The largest absolute Gasteiger partial charge is 0.433 e. The molecule has 1 fully saturated rings. The standard InChI is InChI=1S/C17H17F5N4/c18-10-6-7-13(12(19)8-10)24-15-9-14(17(20,21)22)25-16(26-15)23-11-4-2-1-3-5-11/h6-9,11H,1-5H2,(H2,23,24,25,26). The van der Waals surface area contributed by atoms with E-state index in [9.17, 15) is 22.0 Å². The van der Waals surface area contributed by atoms with E-state index in [0.29, 0.717) is 12.1 Å². The normalized spacial score (nSPS) is 15.7. The van der Waals surface area contributed by atoms with E-state index in [1.54, 1.807) is 0 Å². The summed E-state index contributed by atoms with van der Waals surface area (Å²) in [6.07, 6.45) is 0.0525. The molecule has 1 aromatic heterocycles. The molecule has 0 radical (unpaired) electrons. The lowest BCUT2D eigenvalue weighted by molar-refractivity contribution is -0.141. The fourth-order valence-electron chi connectivity index (χ4n) is 2.88. The van der Waals surface area contributed by atoms with Crippen LogP contribution in [0, 0.1) is 11.6 Å². The minimum atomic E-state index is -4.68.